The highest BCUT2D eigenvalue weighted by Crippen LogP contribution is 2.22. The van der Waals surface area contributed by atoms with E-state index in [1.54, 1.807) is 0 Å². The Kier molecular flexibility index (Phi) is 4.70. The fourth-order valence-electron chi connectivity index (χ4n) is 2.18. The highest BCUT2D eigenvalue weighted by molar-refractivity contribution is 6.04. The molecule has 5 nitrogen and oxygen atoms in total. The fourth-order valence-corrected chi connectivity index (χ4v) is 2.18. The van der Waals surface area contributed by atoms with Crippen LogP contribution in [0.3, 0.4) is 0 Å². The van der Waals surface area contributed by atoms with Gasteiger partial charge in [0, 0.05) is 0 Å². The Hall–Kier alpha value is -2.09. The number of carbonyl (C=O) groups is 2. The first-order valence-electron chi connectivity index (χ1n) is 6.69. The van der Waals surface area contributed by atoms with Gasteiger partial charge in [-0.3, -0.25) is 9.69 Å². The van der Waals surface area contributed by atoms with Crippen molar-refractivity contribution in [1.29, 1.82) is 0 Å². The maximum absolute atomic E-state index is 12.3. The van der Waals surface area contributed by atoms with E-state index in [1.165, 1.54) is 0 Å². The number of aryl methyl sites for hydroxylation is 1. The van der Waals surface area contributed by atoms with Crippen LogP contribution in [0.5, 0.6) is 0 Å². The predicted octanol–water partition coefficient (Wildman–Crippen LogP) is 1.46. The lowest BCUT2D eigenvalue weighted by molar-refractivity contribution is -0.206. The maximum Gasteiger partial charge on any atom is 0.416 e. The Balaban J connectivity index is 1.94. The molecule has 0 unspecified atom stereocenters. The number of aliphatic hydroxyl groups is 1. The minimum Gasteiger partial charge on any atom is -0.382 e. The number of urea groups is 1. The molecule has 1 aliphatic heterocycles. The summed E-state index contributed by atoms with van der Waals surface area (Å²) < 4.78 is 36.9. The molecule has 1 heterocycles. The summed E-state index contributed by atoms with van der Waals surface area (Å²) >= 11 is 0. The third-order valence-corrected chi connectivity index (χ3v) is 3.40. The van der Waals surface area contributed by atoms with E-state index in [0.717, 1.165) is 5.56 Å². The van der Waals surface area contributed by atoms with Gasteiger partial charge >= 0.3 is 12.2 Å². The SMILES string of the molecule is O=C1N[C@H](CCc2ccccc2)C(=O)N1C[C@H](O)C(F)(F)F. The number of carbonyl (C=O) groups excluding carboxylic acids is 2. The van der Waals surface area contributed by atoms with Crippen LogP contribution in [0.15, 0.2) is 30.3 Å². The zero-order valence-corrected chi connectivity index (χ0v) is 11.5. The van der Waals surface area contributed by atoms with Crippen LogP contribution in [0.2, 0.25) is 0 Å². The lowest BCUT2D eigenvalue weighted by Crippen LogP contribution is -2.44. The van der Waals surface area contributed by atoms with Gasteiger partial charge in [-0.05, 0) is 18.4 Å². The van der Waals surface area contributed by atoms with E-state index in [4.69, 9.17) is 5.11 Å². The summed E-state index contributed by atoms with van der Waals surface area (Å²) in [4.78, 5) is 24.0. The minimum absolute atomic E-state index is 0.285. The Bertz CT molecular complexity index is 548. The fraction of sp³-hybridized carbons (Fsp3) is 0.429. The molecule has 120 valence electrons. The minimum atomic E-state index is -4.87. The van der Waals surface area contributed by atoms with Gasteiger partial charge in [-0.15, -0.1) is 0 Å². The quantitative estimate of drug-likeness (QED) is 0.808. The van der Waals surface area contributed by atoms with Gasteiger partial charge in [-0.1, -0.05) is 30.3 Å². The summed E-state index contributed by atoms with van der Waals surface area (Å²) in [5.74, 6) is -0.746. The number of nitrogens with zero attached hydrogens (tertiary/aromatic N) is 1. The van der Waals surface area contributed by atoms with Crippen LogP contribution in [-0.2, 0) is 11.2 Å². The summed E-state index contributed by atoms with van der Waals surface area (Å²) in [5, 5.41) is 11.3. The van der Waals surface area contributed by atoms with Crippen molar-refractivity contribution in [3.8, 4) is 0 Å². The zero-order chi connectivity index (χ0) is 16.3. The number of aliphatic hydroxyl groups excluding tert-OH is 1. The van der Waals surface area contributed by atoms with E-state index in [0.29, 0.717) is 11.3 Å². The Labute approximate surface area is 124 Å². The average Bonchev–Trinajstić information content (AvgIpc) is 2.73. The number of amides is 3. The van der Waals surface area contributed by atoms with Gasteiger partial charge in [0.05, 0.1) is 6.54 Å². The van der Waals surface area contributed by atoms with E-state index in [-0.39, 0.29) is 6.42 Å². The van der Waals surface area contributed by atoms with Crippen LogP contribution in [0.4, 0.5) is 18.0 Å². The average molecular weight is 316 g/mol. The molecule has 3 amide bonds. The van der Waals surface area contributed by atoms with Crippen LogP contribution in [0.25, 0.3) is 0 Å². The molecule has 0 bridgehead atoms. The van der Waals surface area contributed by atoms with Crippen LogP contribution < -0.4 is 5.32 Å². The predicted molar refractivity (Wildman–Crippen MR) is 70.9 cm³/mol. The molecular formula is C14H15F3N2O3. The smallest absolute Gasteiger partial charge is 0.382 e. The van der Waals surface area contributed by atoms with Crippen LogP contribution in [-0.4, -0.2) is 46.8 Å². The topological polar surface area (TPSA) is 69.6 Å². The zero-order valence-electron chi connectivity index (χ0n) is 11.5. The largest absolute Gasteiger partial charge is 0.416 e. The van der Waals surface area contributed by atoms with E-state index >= 15 is 0 Å². The normalized spacial score (nSPS) is 20.2. The number of imide groups is 1. The lowest BCUT2D eigenvalue weighted by Gasteiger charge is -2.19. The van der Waals surface area contributed by atoms with Gasteiger partial charge in [0.15, 0.2) is 6.10 Å². The molecule has 1 aromatic carbocycles. The molecule has 1 fully saturated rings. The highest BCUT2D eigenvalue weighted by Gasteiger charge is 2.45. The van der Waals surface area contributed by atoms with Crippen LogP contribution >= 0.6 is 0 Å². The number of hydrogen-bond donors (Lipinski definition) is 2. The summed E-state index contributed by atoms with van der Waals surface area (Å²) in [7, 11) is 0. The molecular weight excluding hydrogens is 301 g/mol. The van der Waals surface area contributed by atoms with Crippen molar-refractivity contribution in [1.82, 2.24) is 10.2 Å². The summed E-state index contributed by atoms with van der Waals surface area (Å²) in [6.45, 7) is -1.09. The van der Waals surface area contributed by atoms with Crippen LogP contribution in [0, 0.1) is 0 Å². The number of benzene rings is 1. The molecule has 2 rings (SSSR count). The molecule has 8 heteroatoms. The number of nitrogens with one attached hydrogen (secondary N) is 1. The molecule has 2 N–H and O–H groups in total. The molecule has 0 aromatic heterocycles. The molecule has 22 heavy (non-hydrogen) atoms. The molecule has 0 saturated carbocycles. The van der Waals surface area contributed by atoms with Crippen molar-refractivity contribution in [2.24, 2.45) is 0 Å². The van der Waals surface area contributed by atoms with Gasteiger partial charge in [-0.2, -0.15) is 13.2 Å². The van der Waals surface area contributed by atoms with Gasteiger partial charge in [0.1, 0.15) is 6.04 Å². The number of alkyl halides is 3. The second kappa shape index (κ2) is 6.35. The van der Waals surface area contributed by atoms with Crippen molar-refractivity contribution in [3.05, 3.63) is 35.9 Å². The van der Waals surface area contributed by atoms with Crippen molar-refractivity contribution >= 4 is 11.9 Å². The molecule has 0 radical (unpaired) electrons. The number of halogens is 3. The molecule has 1 aromatic rings. The van der Waals surface area contributed by atoms with E-state index in [1.807, 2.05) is 30.3 Å². The van der Waals surface area contributed by atoms with Crippen LogP contribution in [0.1, 0.15) is 12.0 Å². The Morgan fingerprint density at radius 2 is 1.86 bits per heavy atom. The first-order chi connectivity index (χ1) is 10.3. The third kappa shape index (κ3) is 3.76. The van der Waals surface area contributed by atoms with Gasteiger partial charge in [0.2, 0.25) is 0 Å². The second-order valence-electron chi connectivity index (χ2n) is 5.03. The molecule has 2 atom stereocenters. The summed E-state index contributed by atoms with van der Waals surface area (Å²) in [6.07, 6.45) is -6.82. The third-order valence-electron chi connectivity index (χ3n) is 3.40. The first-order valence-corrected chi connectivity index (χ1v) is 6.69. The summed E-state index contributed by atoms with van der Waals surface area (Å²) in [5.41, 5.74) is 0.957. The van der Waals surface area contributed by atoms with E-state index in [2.05, 4.69) is 5.32 Å². The van der Waals surface area contributed by atoms with E-state index < -0.39 is 36.8 Å². The Morgan fingerprint density at radius 1 is 1.23 bits per heavy atom. The highest BCUT2D eigenvalue weighted by atomic mass is 19.4. The van der Waals surface area contributed by atoms with Gasteiger partial charge in [0.25, 0.3) is 5.91 Å². The molecule has 1 saturated heterocycles. The first kappa shape index (κ1) is 16.3. The standard InChI is InChI=1S/C14H15F3N2O3/c15-14(16,17)11(20)8-19-12(21)10(18-13(19)22)7-6-9-4-2-1-3-5-9/h1-5,10-11,20H,6-8H2,(H,18,22)/t10-,11+/m1/s1. The molecule has 0 aliphatic carbocycles. The Morgan fingerprint density at radius 3 is 2.45 bits per heavy atom. The van der Waals surface area contributed by atoms with Crippen molar-refractivity contribution in [2.45, 2.75) is 31.2 Å². The number of rotatable bonds is 5. The van der Waals surface area contributed by atoms with E-state index in [9.17, 15) is 22.8 Å². The molecule has 1 aliphatic rings. The second-order valence-corrected chi connectivity index (χ2v) is 5.03. The van der Waals surface area contributed by atoms with Gasteiger partial charge < -0.3 is 10.4 Å². The number of hydrogen-bond acceptors (Lipinski definition) is 3. The number of β-amino-alcohol motifs (C(OH)–C–C–N with tert-alkyl or cyclic N) is 1. The van der Waals surface area contributed by atoms with Crippen molar-refractivity contribution < 1.29 is 27.9 Å². The van der Waals surface area contributed by atoms with Gasteiger partial charge in [-0.25, -0.2) is 4.79 Å². The maximum atomic E-state index is 12.3. The molecule has 0 spiro atoms. The monoisotopic (exact) mass is 316 g/mol. The van der Waals surface area contributed by atoms with Crippen molar-refractivity contribution in [2.75, 3.05) is 6.54 Å². The van der Waals surface area contributed by atoms with Crippen molar-refractivity contribution in [3.63, 3.8) is 0 Å². The summed E-state index contributed by atoms with van der Waals surface area (Å²) in [6, 6.07) is 7.43. The lowest BCUT2D eigenvalue weighted by atomic mass is 10.1.